The van der Waals surface area contributed by atoms with E-state index in [2.05, 4.69) is 5.32 Å². The minimum absolute atomic E-state index is 0.187. The first-order chi connectivity index (χ1) is 14.3. The van der Waals surface area contributed by atoms with Crippen molar-refractivity contribution in [3.05, 3.63) is 46.2 Å². The van der Waals surface area contributed by atoms with Crippen molar-refractivity contribution in [1.82, 2.24) is 9.62 Å². The molecule has 7 nitrogen and oxygen atoms in total. The van der Waals surface area contributed by atoms with Crippen LogP contribution in [-0.2, 0) is 32.5 Å². The molecule has 0 saturated carbocycles. The second kappa shape index (κ2) is 9.28. The third-order valence-corrected chi connectivity index (χ3v) is 8.25. The smallest absolute Gasteiger partial charge is 0.243 e. The molecule has 0 fully saturated rings. The van der Waals surface area contributed by atoms with Gasteiger partial charge in [0.2, 0.25) is 21.8 Å². The molecule has 0 aliphatic carbocycles. The zero-order valence-corrected chi connectivity index (χ0v) is 19.1. The topological polar surface area (TPSA) is 86.8 Å². The second-order valence-corrected chi connectivity index (χ2v) is 10.1. The number of sulfonamides is 1. The van der Waals surface area contributed by atoms with E-state index in [0.717, 1.165) is 6.42 Å². The molecule has 1 N–H and O–H groups in total. The lowest BCUT2D eigenvalue weighted by Crippen LogP contribution is -2.47. The molecule has 1 aliphatic heterocycles. The van der Waals surface area contributed by atoms with Gasteiger partial charge in [-0.15, -0.1) is 11.3 Å². The van der Waals surface area contributed by atoms with Crippen molar-refractivity contribution in [2.75, 3.05) is 24.5 Å². The number of fused-ring (bicyclic) bond motifs is 1. The SMILES string of the molecule is CCN(CC)S(=O)(=O)c1ccc2c(c1)C[C@@H](C(=O)NCCc1cccs1)N2C(C)=O. The van der Waals surface area contributed by atoms with Gasteiger partial charge in [0.1, 0.15) is 6.04 Å². The number of nitrogens with zero attached hydrogens (tertiary/aromatic N) is 2. The molecule has 30 heavy (non-hydrogen) atoms. The Labute approximate surface area is 181 Å². The van der Waals surface area contributed by atoms with Gasteiger partial charge in [-0.25, -0.2) is 8.42 Å². The number of carbonyl (C=O) groups is 2. The normalized spacial score (nSPS) is 16.0. The highest BCUT2D eigenvalue weighted by molar-refractivity contribution is 7.89. The van der Waals surface area contributed by atoms with E-state index in [-0.39, 0.29) is 16.7 Å². The first kappa shape index (κ1) is 22.5. The van der Waals surface area contributed by atoms with E-state index in [4.69, 9.17) is 0 Å². The van der Waals surface area contributed by atoms with E-state index in [0.29, 0.717) is 37.3 Å². The second-order valence-electron chi connectivity index (χ2n) is 7.11. The third kappa shape index (κ3) is 4.43. The maximum absolute atomic E-state index is 12.8. The van der Waals surface area contributed by atoms with Crippen LogP contribution in [0.2, 0.25) is 0 Å². The van der Waals surface area contributed by atoms with Gasteiger partial charge >= 0.3 is 0 Å². The van der Waals surface area contributed by atoms with Crippen molar-refractivity contribution in [2.45, 2.75) is 44.6 Å². The van der Waals surface area contributed by atoms with E-state index in [1.165, 1.54) is 27.1 Å². The van der Waals surface area contributed by atoms with Gasteiger partial charge in [0, 0.05) is 43.5 Å². The van der Waals surface area contributed by atoms with Crippen LogP contribution in [0.15, 0.2) is 40.6 Å². The van der Waals surface area contributed by atoms with Crippen molar-refractivity contribution in [1.29, 1.82) is 0 Å². The Hall–Kier alpha value is -2.23. The summed E-state index contributed by atoms with van der Waals surface area (Å²) in [5, 5.41) is 4.90. The lowest BCUT2D eigenvalue weighted by Gasteiger charge is -2.23. The van der Waals surface area contributed by atoms with Crippen LogP contribution in [0.1, 0.15) is 31.2 Å². The lowest BCUT2D eigenvalue weighted by molar-refractivity contribution is -0.125. The predicted octanol–water partition coefficient (Wildman–Crippen LogP) is 2.42. The number of thiophene rings is 1. The zero-order valence-electron chi connectivity index (χ0n) is 17.4. The van der Waals surface area contributed by atoms with Gasteiger partial charge in [-0.1, -0.05) is 19.9 Å². The molecule has 1 atom stereocenters. The highest BCUT2D eigenvalue weighted by atomic mass is 32.2. The first-order valence-electron chi connectivity index (χ1n) is 10.0. The molecular formula is C21H27N3O4S2. The number of benzene rings is 1. The summed E-state index contributed by atoms with van der Waals surface area (Å²) in [7, 11) is -3.61. The van der Waals surface area contributed by atoms with Gasteiger partial charge in [0.15, 0.2) is 0 Å². The molecular weight excluding hydrogens is 422 g/mol. The summed E-state index contributed by atoms with van der Waals surface area (Å²) in [5.41, 5.74) is 1.29. The summed E-state index contributed by atoms with van der Waals surface area (Å²) in [6.45, 7) is 6.25. The lowest BCUT2D eigenvalue weighted by atomic mass is 10.1. The molecule has 9 heteroatoms. The molecule has 0 saturated heterocycles. The molecule has 0 unspecified atom stereocenters. The Kier molecular flexibility index (Phi) is 6.95. The standard InChI is InChI=1S/C21H27N3O4S2/c1-4-23(5-2)30(27,28)18-8-9-19-16(13-18)14-20(24(19)15(3)25)21(26)22-11-10-17-7-6-12-29-17/h6-9,12-13,20H,4-5,10-11,14H2,1-3H3,(H,22,26)/t20-/m0/s1. The van der Waals surface area contributed by atoms with E-state index in [1.807, 2.05) is 17.5 Å². The fraction of sp³-hybridized carbons (Fsp3) is 0.429. The number of rotatable bonds is 8. The number of hydrogen-bond donors (Lipinski definition) is 1. The summed E-state index contributed by atoms with van der Waals surface area (Å²) in [5.74, 6) is -0.474. The molecule has 0 bridgehead atoms. The minimum atomic E-state index is -3.61. The molecule has 2 aromatic rings. The van der Waals surface area contributed by atoms with Gasteiger partial charge in [-0.3, -0.25) is 14.5 Å². The monoisotopic (exact) mass is 449 g/mol. The molecule has 0 spiro atoms. The Bertz CT molecular complexity index is 1010. The van der Waals surface area contributed by atoms with Crippen LogP contribution < -0.4 is 10.2 Å². The zero-order chi connectivity index (χ0) is 21.9. The molecule has 3 rings (SSSR count). The Morgan fingerprint density at radius 2 is 1.97 bits per heavy atom. The Morgan fingerprint density at radius 3 is 2.57 bits per heavy atom. The average molecular weight is 450 g/mol. The van der Waals surface area contributed by atoms with E-state index in [1.54, 1.807) is 37.3 Å². The molecule has 1 aromatic carbocycles. The molecule has 1 aliphatic rings. The maximum atomic E-state index is 12.8. The van der Waals surface area contributed by atoms with Gasteiger partial charge in [0.05, 0.1) is 4.90 Å². The molecule has 0 radical (unpaired) electrons. The Morgan fingerprint density at radius 1 is 1.23 bits per heavy atom. The van der Waals surface area contributed by atoms with Crippen LogP contribution >= 0.6 is 11.3 Å². The third-order valence-electron chi connectivity index (χ3n) is 5.27. The van der Waals surface area contributed by atoms with Crippen LogP contribution in [0.5, 0.6) is 0 Å². The number of carbonyl (C=O) groups excluding carboxylic acids is 2. The number of amides is 2. The van der Waals surface area contributed by atoms with Crippen LogP contribution in [0, 0.1) is 0 Å². The predicted molar refractivity (Wildman–Crippen MR) is 118 cm³/mol. The van der Waals surface area contributed by atoms with Crippen molar-refractivity contribution in [3.63, 3.8) is 0 Å². The minimum Gasteiger partial charge on any atom is -0.354 e. The number of hydrogen-bond acceptors (Lipinski definition) is 5. The quantitative estimate of drug-likeness (QED) is 0.671. The van der Waals surface area contributed by atoms with Gasteiger partial charge in [0.25, 0.3) is 0 Å². The van der Waals surface area contributed by atoms with Crippen LogP contribution in [0.3, 0.4) is 0 Å². The van der Waals surface area contributed by atoms with Crippen LogP contribution in [0.25, 0.3) is 0 Å². The fourth-order valence-electron chi connectivity index (χ4n) is 3.78. The van der Waals surface area contributed by atoms with Crippen molar-refractivity contribution in [2.24, 2.45) is 0 Å². The van der Waals surface area contributed by atoms with E-state index < -0.39 is 16.1 Å². The van der Waals surface area contributed by atoms with E-state index >= 15 is 0 Å². The summed E-state index contributed by atoms with van der Waals surface area (Å²) < 4.78 is 27.1. The van der Waals surface area contributed by atoms with Crippen LogP contribution in [-0.4, -0.2) is 50.2 Å². The first-order valence-corrected chi connectivity index (χ1v) is 12.3. The number of anilines is 1. The number of nitrogens with one attached hydrogen (secondary N) is 1. The molecule has 2 heterocycles. The molecule has 162 valence electrons. The maximum Gasteiger partial charge on any atom is 0.243 e. The van der Waals surface area contributed by atoms with Crippen molar-refractivity contribution in [3.8, 4) is 0 Å². The average Bonchev–Trinajstić information content (AvgIpc) is 3.35. The summed E-state index contributed by atoms with van der Waals surface area (Å²) in [4.78, 5) is 27.9. The van der Waals surface area contributed by atoms with E-state index in [9.17, 15) is 18.0 Å². The van der Waals surface area contributed by atoms with Gasteiger partial charge in [-0.2, -0.15) is 4.31 Å². The highest BCUT2D eigenvalue weighted by Gasteiger charge is 2.37. The summed E-state index contributed by atoms with van der Waals surface area (Å²) in [6, 6.07) is 8.05. The Balaban J connectivity index is 1.80. The summed E-state index contributed by atoms with van der Waals surface area (Å²) in [6.07, 6.45) is 1.02. The molecule has 1 aromatic heterocycles. The van der Waals surface area contributed by atoms with Crippen molar-refractivity contribution < 1.29 is 18.0 Å². The van der Waals surface area contributed by atoms with Gasteiger partial charge in [-0.05, 0) is 41.6 Å². The van der Waals surface area contributed by atoms with Crippen molar-refractivity contribution >= 4 is 38.9 Å². The highest BCUT2D eigenvalue weighted by Crippen LogP contribution is 2.34. The molecule has 2 amide bonds. The van der Waals surface area contributed by atoms with Gasteiger partial charge < -0.3 is 5.32 Å². The fourth-order valence-corrected chi connectivity index (χ4v) is 6.00. The largest absolute Gasteiger partial charge is 0.354 e. The van der Waals surface area contributed by atoms with Crippen LogP contribution in [0.4, 0.5) is 5.69 Å². The summed E-state index contributed by atoms with van der Waals surface area (Å²) >= 11 is 1.64.